The first kappa shape index (κ1) is 24.0. The molecule has 4 rings (SSSR count). The molecule has 1 amide bonds. The number of hydrogen-bond donors (Lipinski definition) is 1. The van der Waals surface area contributed by atoms with Crippen LogP contribution in [0.25, 0.3) is 5.69 Å². The first-order valence-electron chi connectivity index (χ1n) is 10.7. The average molecular weight is 490 g/mol. The number of para-hydroxylation sites is 1. The molecule has 0 saturated heterocycles. The number of thioether (sulfide) groups is 1. The van der Waals surface area contributed by atoms with Crippen molar-refractivity contribution in [3.8, 4) is 11.4 Å². The number of rotatable bonds is 9. The van der Waals surface area contributed by atoms with Gasteiger partial charge in [-0.3, -0.25) is 19.5 Å². The molecule has 9 nitrogen and oxygen atoms in total. The number of non-ortho nitro benzene ring substituents is 1. The highest BCUT2D eigenvalue weighted by molar-refractivity contribution is 7.98. The van der Waals surface area contributed by atoms with Crippen molar-refractivity contribution < 1.29 is 14.5 Å². The quantitative estimate of drug-likeness (QED) is 0.206. The Balaban J connectivity index is 1.60. The van der Waals surface area contributed by atoms with E-state index in [2.05, 4.69) is 21.6 Å². The number of nitro groups is 1. The van der Waals surface area contributed by atoms with Crippen LogP contribution in [0.3, 0.4) is 0 Å². The second-order valence-electron chi connectivity index (χ2n) is 7.67. The highest BCUT2D eigenvalue weighted by Crippen LogP contribution is 2.27. The van der Waals surface area contributed by atoms with Gasteiger partial charge in [-0.1, -0.05) is 53.7 Å². The summed E-state index contributed by atoms with van der Waals surface area (Å²) >= 11 is 1.49. The van der Waals surface area contributed by atoms with Crippen molar-refractivity contribution in [1.29, 1.82) is 0 Å². The molecule has 0 bridgehead atoms. The molecule has 0 unspecified atom stereocenters. The number of aryl methyl sites for hydroxylation is 1. The van der Waals surface area contributed by atoms with E-state index in [0.29, 0.717) is 33.7 Å². The number of nitrogens with zero attached hydrogens (tertiary/aromatic N) is 4. The number of hydrogen-bond acceptors (Lipinski definition) is 7. The van der Waals surface area contributed by atoms with Gasteiger partial charge in [0.05, 0.1) is 24.1 Å². The number of nitrogens with one attached hydrogen (secondary N) is 1. The molecule has 1 N–H and O–H groups in total. The summed E-state index contributed by atoms with van der Waals surface area (Å²) in [5.41, 5.74) is 3.36. The second-order valence-corrected chi connectivity index (χ2v) is 8.61. The van der Waals surface area contributed by atoms with Crippen molar-refractivity contribution in [1.82, 2.24) is 20.1 Å². The van der Waals surface area contributed by atoms with E-state index in [9.17, 15) is 14.9 Å². The Hall–Kier alpha value is -4.18. The molecule has 35 heavy (non-hydrogen) atoms. The van der Waals surface area contributed by atoms with Crippen molar-refractivity contribution in [2.45, 2.75) is 24.4 Å². The van der Waals surface area contributed by atoms with E-state index in [1.54, 1.807) is 41.0 Å². The number of amides is 1. The summed E-state index contributed by atoms with van der Waals surface area (Å²) in [5.74, 6) is 1.32. The number of ether oxygens (including phenoxy) is 1. The zero-order valence-corrected chi connectivity index (χ0v) is 20.0. The van der Waals surface area contributed by atoms with Gasteiger partial charge < -0.3 is 10.1 Å². The average Bonchev–Trinajstić information content (AvgIpc) is 3.28. The van der Waals surface area contributed by atoms with E-state index in [4.69, 9.17) is 4.74 Å². The molecule has 0 aliphatic carbocycles. The van der Waals surface area contributed by atoms with Gasteiger partial charge in [-0.2, -0.15) is 0 Å². The van der Waals surface area contributed by atoms with Gasteiger partial charge in [0.15, 0.2) is 11.0 Å². The smallest absolute Gasteiger partial charge is 0.269 e. The molecular formula is C25H23N5O4S. The Labute approximate surface area is 206 Å². The topological polar surface area (TPSA) is 112 Å². The van der Waals surface area contributed by atoms with E-state index in [-0.39, 0.29) is 18.1 Å². The van der Waals surface area contributed by atoms with Crippen molar-refractivity contribution in [2.75, 3.05) is 7.11 Å². The molecule has 178 valence electrons. The fourth-order valence-electron chi connectivity index (χ4n) is 3.53. The molecular weight excluding hydrogens is 466 g/mol. The summed E-state index contributed by atoms with van der Waals surface area (Å²) in [7, 11) is 1.51. The van der Waals surface area contributed by atoms with Gasteiger partial charge in [-0.25, -0.2) is 0 Å². The molecule has 10 heteroatoms. The minimum atomic E-state index is -0.447. The van der Waals surface area contributed by atoms with Crippen molar-refractivity contribution in [3.05, 3.63) is 105 Å². The third-order valence-corrected chi connectivity index (χ3v) is 6.23. The first-order chi connectivity index (χ1) is 17.0. The van der Waals surface area contributed by atoms with E-state index < -0.39 is 4.92 Å². The highest BCUT2D eigenvalue weighted by Gasteiger charge is 2.18. The molecule has 0 aliphatic heterocycles. The Kier molecular flexibility index (Phi) is 7.41. The van der Waals surface area contributed by atoms with E-state index in [0.717, 1.165) is 5.56 Å². The van der Waals surface area contributed by atoms with Crippen LogP contribution in [-0.2, 0) is 12.3 Å². The van der Waals surface area contributed by atoms with Gasteiger partial charge in [0, 0.05) is 23.6 Å². The third kappa shape index (κ3) is 5.67. The Morgan fingerprint density at radius 1 is 1.09 bits per heavy atom. The van der Waals surface area contributed by atoms with Crippen LogP contribution in [0.15, 0.2) is 78.0 Å². The van der Waals surface area contributed by atoms with Gasteiger partial charge in [-0.05, 0) is 36.8 Å². The zero-order chi connectivity index (χ0) is 24.8. The molecule has 4 aromatic rings. The lowest BCUT2D eigenvalue weighted by molar-refractivity contribution is -0.384. The van der Waals surface area contributed by atoms with Crippen molar-refractivity contribution >= 4 is 23.4 Å². The molecule has 0 aliphatic rings. The zero-order valence-electron chi connectivity index (χ0n) is 19.2. The number of carbonyl (C=O) groups excluding carboxylic acids is 1. The minimum Gasteiger partial charge on any atom is -0.496 e. The lowest BCUT2D eigenvalue weighted by Gasteiger charge is -2.12. The first-order valence-corrected chi connectivity index (χ1v) is 11.7. The van der Waals surface area contributed by atoms with Crippen LogP contribution >= 0.6 is 11.8 Å². The minimum absolute atomic E-state index is 0.0122. The van der Waals surface area contributed by atoms with Gasteiger partial charge in [0.1, 0.15) is 5.75 Å². The maximum atomic E-state index is 12.8. The van der Waals surface area contributed by atoms with Crippen LogP contribution < -0.4 is 10.1 Å². The summed E-state index contributed by atoms with van der Waals surface area (Å²) in [5, 5.41) is 23.2. The van der Waals surface area contributed by atoms with Crippen molar-refractivity contribution in [3.63, 3.8) is 0 Å². The predicted molar refractivity (Wildman–Crippen MR) is 133 cm³/mol. The van der Waals surface area contributed by atoms with Gasteiger partial charge >= 0.3 is 0 Å². The van der Waals surface area contributed by atoms with Crippen LogP contribution in [-0.4, -0.2) is 32.7 Å². The molecule has 1 heterocycles. The molecule has 3 aromatic carbocycles. The van der Waals surface area contributed by atoms with Crippen LogP contribution in [0, 0.1) is 17.0 Å². The Morgan fingerprint density at radius 2 is 1.86 bits per heavy atom. The fraction of sp³-hybridized carbons (Fsp3) is 0.160. The summed E-state index contributed by atoms with van der Waals surface area (Å²) < 4.78 is 7.07. The van der Waals surface area contributed by atoms with Crippen LogP contribution in [0.4, 0.5) is 5.69 Å². The normalized spacial score (nSPS) is 10.7. The number of carbonyl (C=O) groups is 1. The molecule has 0 saturated carbocycles. The molecule has 0 radical (unpaired) electrons. The molecule has 0 fully saturated rings. The van der Waals surface area contributed by atoms with Gasteiger partial charge in [0.25, 0.3) is 11.6 Å². The van der Waals surface area contributed by atoms with E-state index >= 15 is 0 Å². The largest absolute Gasteiger partial charge is 0.496 e. The predicted octanol–water partition coefficient (Wildman–Crippen LogP) is 4.71. The SMILES string of the molecule is COc1ccccc1C(=O)NCc1nnc(SCc2cccc(C)c2)n1-c1ccc([N+](=O)[O-])cc1. The van der Waals surface area contributed by atoms with E-state index in [1.165, 1.54) is 36.6 Å². The lowest BCUT2D eigenvalue weighted by Crippen LogP contribution is -2.25. The van der Waals surface area contributed by atoms with Gasteiger partial charge in [0.2, 0.25) is 0 Å². The molecule has 1 aromatic heterocycles. The molecule has 0 atom stereocenters. The number of nitro benzene ring substituents is 1. The second kappa shape index (κ2) is 10.8. The number of aromatic nitrogens is 3. The van der Waals surface area contributed by atoms with Crippen LogP contribution in [0.2, 0.25) is 0 Å². The third-order valence-electron chi connectivity index (χ3n) is 5.23. The van der Waals surface area contributed by atoms with Crippen LogP contribution in [0.5, 0.6) is 5.75 Å². The van der Waals surface area contributed by atoms with E-state index in [1.807, 2.05) is 25.1 Å². The van der Waals surface area contributed by atoms with Crippen molar-refractivity contribution in [2.24, 2.45) is 0 Å². The lowest BCUT2D eigenvalue weighted by atomic mass is 10.2. The summed E-state index contributed by atoms with van der Waals surface area (Å²) in [6, 6.07) is 21.3. The maximum Gasteiger partial charge on any atom is 0.269 e. The Morgan fingerprint density at radius 3 is 2.57 bits per heavy atom. The summed E-state index contributed by atoms with van der Waals surface area (Å²) in [6.45, 7) is 2.14. The number of benzene rings is 3. The Bertz CT molecular complexity index is 1350. The summed E-state index contributed by atoms with van der Waals surface area (Å²) in [4.78, 5) is 23.4. The fourth-order valence-corrected chi connectivity index (χ4v) is 4.44. The summed E-state index contributed by atoms with van der Waals surface area (Å²) in [6.07, 6.45) is 0. The number of methoxy groups -OCH3 is 1. The van der Waals surface area contributed by atoms with Crippen LogP contribution in [0.1, 0.15) is 27.3 Å². The monoisotopic (exact) mass is 489 g/mol. The maximum absolute atomic E-state index is 12.8. The molecule has 0 spiro atoms. The van der Waals surface area contributed by atoms with Gasteiger partial charge in [-0.15, -0.1) is 10.2 Å². The standard InChI is InChI=1S/C25H23N5O4S/c1-17-6-5-7-18(14-17)16-35-25-28-27-23(29(25)19-10-12-20(13-11-19)30(32)33)15-26-24(31)21-8-3-4-9-22(21)34-2/h3-14H,15-16H2,1-2H3,(H,26,31). The highest BCUT2D eigenvalue weighted by atomic mass is 32.2.